The van der Waals surface area contributed by atoms with E-state index in [9.17, 15) is 4.79 Å². The van der Waals surface area contributed by atoms with E-state index in [1.54, 1.807) is 0 Å². The van der Waals surface area contributed by atoms with Crippen molar-refractivity contribution < 1.29 is 9.53 Å². The molecule has 0 bridgehead atoms. The zero-order chi connectivity index (χ0) is 12.3. The van der Waals surface area contributed by atoms with Crippen LogP contribution in [0.5, 0.6) is 0 Å². The maximum atomic E-state index is 10.7. The number of hydrogen-bond acceptors (Lipinski definition) is 3. The van der Waals surface area contributed by atoms with Gasteiger partial charge >= 0.3 is 0 Å². The number of aldehydes is 1. The van der Waals surface area contributed by atoms with Gasteiger partial charge in [-0.15, -0.1) is 0 Å². The minimum absolute atomic E-state index is 0.226. The number of rotatable bonds is 4. The second-order valence-electron chi connectivity index (χ2n) is 4.40. The highest BCUT2D eigenvalue weighted by molar-refractivity contribution is 5.57. The van der Waals surface area contributed by atoms with Crippen LogP contribution in [-0.4, -0.2) is 29.2 Å². The molecule has 2 rings (SSSR count). The molecule has 1 aliphatic rings. The van der Waals surface area contributed by atoms with Gasteiger partial charge in [-0.25, -0.2) is 0 Å². The maximum absolute atomic E-state index is 10.7. The van der Waals surface area contributed by atoms with E-state index in [-0.39, 0.29) is 5.54 Å². The summed E-state index contributed by atoms with van der Waals surface area (Å²) in [5, 5.41) is 3.20. The standard InChI is InChI=1S/C13H18N2O2/c1-3-13(10-17-12(9-16)14-13)7-6-11-5-4-8-15(11)2/h4-9,12,14H,3,10H2,1-2H3/t12?,13-/m1/s1. The normalized spacial score (nSPS) is 28.9. The Balaban J connectivity index is 2.13. The van der Waals surface area contributed by atoms with E-state index in [0.717, 1.165) is 18.4 Å². The van der Waals surface area contributed by atoms with Crippen LogP contribution in [0.25, 0.3) is 6.08 Å². The van der Waals surface area contributed by atoms with Crippen molar-refractivity contribution in [2.24, 2.45) is 7.05 Å². The van der Waals surface area contributed by atoms with Crippen LogP contribution in [0.2, 0.25) is 0 Å². The summed E-state index contributed by atoms with van der Waals surface area (Å²) in [4.78, 5) is 10.7. The quantitative estimate of drug-likeness (QED) is 0.799. The number of aromatic nitrogens is 1. The van der Waals surface area contributed by atoms with Gasteiger partial charge in [0.15, 0.2) is 12.5 Å². The molecule has 17 heavy (non-hydrogen) atoms. The van der Waals surface area contributed by atoms with Crippen molar-refractivity contribution in [1.29, 1.82) is 0 Å². The Morgan fingerprint density at radius 3 is 3.06 bits per heavy atom. The Kier molecular flexibility index (Phi) is 3.45. The average molecular weight is 234 g/mol. The van der Waals surface area contributed by atoms with Crippen LogP contribution in [0.3, 0.4) is 0 Å². The lowest BCUT2D eigenvalue weighted by Gasteiger charge is -2.22. The highest BCUT2D eigenvalue weighted by Crippen LogP contribution is 2.21. The molecule has 1 saturated heterocycles. The van der Waals surface area contributed by atoms with E-state index in [1.165, 1.54) is 0 Å². The van der Waals surface area contributed by atoms with Gasteiger partial charge in [0.05, 0.1) is 12.1 Å². The fourth-order valence-electron chi connectivity index (χ4n) is 1.99. The Hall–Kier alpha value is -1.39. The largest absolute Gasteiger partial charge is 0.354 e. The van der Waals surface area contributed by atoms with Crippen LogP contribution < -0.4 is 5.32 Å². The predicted molar refractivity (Wildman–Crippen MR) is 66.4 cm³/mol. The third-order valence-electron chi connectivity index (χ3n) is 3.26. The number of nitrogens with zero attached hydrogens (tertiary/aromatic N) is 1. The molecule has 2 heterocycles. The highest BCUT2D eigenvalue weighted by Gasteiger charge is 2.35. The van der Waals surface area contributed by atoms with Crippen molar-refractivity contribution in [2.75, 3.05) is 6.61 Å². The first-order valence-electron chi connectivity index (χ1n) is 5.84. The number of hydrogen-bond donors (Lipinski definition) is 1. The second-order valence-corrected chi connectivity index (χ2v) is 4.40. The minimum atomic E-state index is -0.479. The van der Waals surface area contributed by atoms with Gasteiger partial charge in [0.2, 0.25) is 0 Å². The van der Waals surface area contributed by atoms with Crippen molar-refractivity contribution in [3.8, 4) is 0 Å². The third kappa shape index (κ3) is 2.48. The van der Waals surface area contributed by atoms with E-state index in [1.807, 2.05) is 29.9 Å². The molecule has 1 aromatic rings. The molecule has 0 aromatic carbocycles. The first-order valence-corrected chi connectivity index (χ1v) is 5.84. The van der Waals surface area contributed by atoms with Crippen LogP contribution in [-0.2, 0) is 16.6 Å². The van der Waals surface area contributed by atoms with Gasteiger partial charge in [0.25, 0.3) is 0 Å². The van der Waals surface area contributed by atoms with E-state index >= 15 is 0 Å². The molecule has 1 unspecified atom stereocenters. The molecular formula is C13H18N2O2. The van der Waals surface area contributed by atoms with Gasteiger partial charge < -0.3 is 9.30 Å². The highest BCUT2D eigenvalue weighted by atomic mass is 16.5. The van der Waals surface area contributed by atoms with Gasteiger partial charge in [0.1, 0.15) is 0 Å². The molecule has 92 valence electrons. The molecule has 0 radical (unpaired) electrons. The van der Waals surface area contributed by atoms with Crippen LogP contribution in [0.1, 0.15) is 19.0 Å². The van der Waals surface area contributed by atoms with Crippen LogP contribution in [0, 0.1) is 0 Å². The van der Waals surface area contributed by atoms with Crippen molar-refractivity contribution in [1.82, 2.24) is 9.88 Å². The van der Waals surface area contributed by atoms with Crippen LogP contribution >= 0.6 is 0 Å². The first kappa shape index (κ1) is 12.1. The van der Waals surface area contributed by atoms with Gasteiger partial charge in [-0.05, 0) is 24.6 Å². The van der Waals surface area contributed by atoms with Crippen molar-refractivity contribution in [3.05, 3.63) is 30.1 Å². The fraction of sp³-hybridized carbons (Fsp3) is 0.462. The smallest absolute Gasteiger partial charge is 0.165 e. The predicted octanol–water partition coefficient (Wildman–Crippen LogP) is 1.33. The number of nitrogens with one attached hydrogen (secondary N) is 1. The molecule has 0 amide bonds. The SMILES string of the molecule is CC[C@@]1(C=Cc2cccn2C)COC(C=O)N1. The Morgan fingerprint density at radius 2 is 2.53 bits per heavy atom. The number of carbonyl (C=O) groups is 1. The van der Waals surface area contributed by atoms with Gasteiger partial charge in [0, 0.05) is 18.9 Å². The summed E-state index contributed by atoms with van der Waals surface area (Å²) in [6, 6.07) is 4.05. The summed E-state index contributed by atoms with van der Waals surface area (Å²) in [5.74, 6) is 0. The van der Waals surface area contributed by atoms with E-state index in [0.29, 0.717) is 6.61 Å². The van der Waals surface area contributed by atoms with E-state index < -0.39 is 6.23 Å². The Morgan fingerprint density at radius 1 is 1.71 bits per heavy atom. The van der Waals surface area contributed by atoms with Gasteiger partial charge in [-0.3, -0.25) is 10.1 Å². The Bertz CT molecular complexity index is 425. The molecule has 2 atom stereocenters. The van der Waals surface area contributed by atoms with Crippen molar-refractivity contribution in [3.63, 3.8) is 0 Å². The van der Waals surface area contributed by atoms with Crippen LogP contribution in [0.4, 0.5) is 0 Å². The molecular weight excluding hydrogens is 216 g/mol. The molecule has 1 aromatic heterocycles. The summed E-state index contributed by atoms with van der Waals surface area (Å²) in [6.07, 6.45) is 7.36. The summed E-state index contributed by atoms with van der Waals surface area (Å²) in [6.45, 7) is 2.62. The lowest BCUT2D eigenvalue weighted by atomic mass is 9.97. The molecule has 1 N–H and O–H groups in total. The minimum Gasteiger partial charge on any atom is -0.354 e. The zero-order valence-electron chi connectivity index (χ0n) is 10.2. The molecule has 4 nitrogen and oxygen atoms in total. The molecule has 1 fully saturated rings. The fourth-order valence-corrected chi connectivity index (χ4v) is 1.99. The van der Waals surface area contributed by atoms with Crippen molar-refractivity contribution >= 4 is 12.4 Å². The lowest BCUT2D eigenvalue weighted by Crippen LogP contribution is -2.43. The Labute approximate surface area is 101 Å². The molecule has 0 aliphatic carbocycles. The first-order chi connectivity index (χ1) is 8.19. The monoisotopic (exact) mass is 234 g/mol. The molecule has 1 aliphatic heterocycles. The zero-order valence-corrected chi connectivity index (χ0v) is 10.2. The number of carbonyl (C=O) groups excluding carboxylic acids is 1. The number of aryl methyl sites for hydroxylation is 1. The summed E-state index contributed by atoms with van der Waals surface area (Å²) < 4.78 is 7.42. The lowest BCUT2D eigenvalue weighted by molar-refractivity contribution is -0.116. The maximum Gasteiger partial charge on any atom is 0.165 e. The topological polar surface area (TPSA) is 43.3 Å². The second kappa shape index (κ2) is 4.85. The third-order valence-corrected chi connectivity index (χ3v) is 3.26. The molecule has 0 saturated carbocycles. The van der Waals surface area contributed by atoms with Crippen molar-refractivity contribution in [2.45, 2.75) is 25.1 Å². The summed E-state index contributed by atoms with van der Waals surface area (Å²) in [7, 11) is 2.01. The molecule has 0 spiro atoms. The average Bonchev–Trinajstić information content (AvgIpc) is 2.94. The van der Waals surface area contributed by atoms with Crippen LogP contribution in [0.15, 0.2) is 24.4 Å². The molecule has 4 heteroatoms. The summed E-state index contributed by atoms with van der Waals surface area (Å²) >= 11 is 0. The van der Waals surface area contributed by atoms with E-state index in [2.05, 4.69) is 24.4 Å². The summed E-state index contributed by atoms with van der Waals surface area (Å²) in [5.41, 5.74) is 0.907. The van der Waals surface area contributed by atoms with Gasteiger partial charge in [-0.2, -0.15) is 0 Å². The van der Waals surface area contributed by atoms with Gasteiger partial charge in [-0.1, -0.05) is 13.0 Å². The van der Waals surface area contributed by atoms with E-state index in [4.69, 9.17) is 4.74 Å². The number of ether oxygens (including phenoxy) is 1.